The molecule has 1 aromatic heterocycles. The maximum Gasteiger partial charge on any atom is 0.330 e. The fourth-order valence-corrected chi connectivity index (χ4v) is 6.00. The van der Waals surface area contributed by atoms with Crippen molar-refractivity contribution in [1.29, 1.82) is 0 Å². The standard InChI is InChI=1S/C36H36O20/c1-12-25(44)30(49)34(56-35-31(50)29(48)27(46)22(54-35)11-51-23(43)5-3-13-2-4-16(38)17(39)6-13)36(52-12)55-33-28(47)24-18(40)9-15(37)10-21(24)53-32(33)14-7-19(41)26(45)20(42)8-14/h2-10,12,22,25,27,29-31,34-42,44-46,48-50H,11H2,1H3/b5-3+/t12?,22?,25-,27+,29+,30-,31?,34?,35-,36-/m0/s1. The molecule has 2 saturated heterocycles. The van der Waals surface area contributed by atoms with Crippen molar-refractivity contribution in [2.75, 3.05) is 6.61 Å². The Morgan fingerprint density at radius 3 is 2.12 bits per heavy atom. The number of esters is 1. The Kier molecular flexibility index (Phi) is 11.2. The first-order valence-electron chi connectivity index (χ1n) is 16.6. The second kappa shape index (κ2) is 15.7. The van der Waals surface area contributed by atoms with E-state index >= 15 is 0 Å². The highest BCUT2D eigenvalue weighted by atomic mass is 16.8. The van der Waals surface area contributed by atoms with Gasteiger partial charge >= 0.3 is 5.97 Å². The van der Waals surface area contributed by atoms with Gasteiger partial charge in [-0.05, 0) is 42.8 Å². The molecule has 0 bridgehead atoms. The molecule has 20 heteroatoms. The Balaban J connectivity index is 1.29. The lowest BCUT2D eigenvalue weighted by molar-refractivity contribution is -0.355. The summed E-state index contributed by atoms with van der Waals surface area (Å²) in [5.74, 6) is -7.17. The zero-order valence-electron chi connectivity index (χ0n) is 28.8. The van der Waals surface area contributed by atoms with Crippen LogP contribution in [0.3, 0.4) is 0 Å². The average Bonchev–Trinajstić information content (AvgIpc) is 3.14. The van der Waals surface area contributed by atoms with Crippen LogP contribution in [0.15, 0.2) is 57.8 Å². The minimum absolute atomic E-state index is 0.298. The van der Waals surface area contributed by atoms with Crippen LogP contribution in [0.25, 0.3) is 28.4 Å². The van der Waals surface area contributed by atoms with Crippen molar-refractivity contribution >= 4 is 23.0 Å². The number of aliphatic hydroxyl groups excluding tert-OH is 5. The number of phenols is 7. The largest absolute Gasteiger partial charge is 0.508 e. The fraction of sp³-hybridized carbons (Fsp3) is 0.333. The summed E-state index contributed by atoms with van der Waals surface area (Å²) in [5, 5.41) is 124. The molecule has 6 rings (SSSR count). The third-order valence-corrected chi connectivity index (χ3v) is 9.03. The van der Waals surface area contributed by atoms with E-state index in [0.29, 0.717) is 5.56 Å². The molecule has 0 radical (unpaired) electrons. The molecule has 10 atom stereocenters. The van der Waals surface area contributed by atoms with Crippen LogP contribution in [0.5, 0.6) is 46.0 Å². The maximum absolute atomic E-state index is 13.9. The first-order chi connectivity index (χ1) is 26.4. The molecule has 3 heterocycles. The minimum atomic E-state index is -2.06. The molecule has 2 aliphatic heterocycles. The van der Waals surface area contributed by atoms with Crippen molar-refractivity contribution in [3.8, 4) is 57.3 Å². The second-order valence-electron chi connectivity index (χ2n) is 12.9. The summed E-state index contributed by atoms with van der Waals surface area (Å²) in [6.45, 7) is 0.579. The summed E-state index contributed by atoms with van der Waals surface area (Å²) in [5.41, 5.74) is -1.53. The van der Waals surface area contributed by atoms with Crippen molar-refractivity contribution in [3.63, 3.8) is 0 Å². The number of fused-ring (bicyclic) bond motifs is 1. The molecule has 2 fully saturated rings. The van der Waals surface area contributed by atoms with E-state index in [9.17, 15) is 70.9 Å². The summed E-state index contributed by atoms with van der Waals surface area (Å²) in [4.78, 5) is 26.4. The number of aliphatic hydroxyl groups is 5. The van der Waals surface area contributed by atoms with E-state index < -0.39 is 136 Å². The van der Waals surface area contributed by atoms with Gasteiger partial charge in [0, 0.05) is 23.8 Å². The molecule has 0 aliphatic carbocycles. The van der Waals surface area contributed by atoms with Crippen molar-refractivity contribution in [1.82, 2.24) is 0 Å². The van der Waals surface area contributed by atoms with Crippen LogP contribution in [-0.4, -0.2) is 135 Å². The monoisotopic (exact) mass is 788 g/mol. The molecule has 0 amide bonds. The predicted molar refractivity (Wildman–Crippen MR) is 185 cm³/mol. The van der Waals surface area contributed by atoms with Crippen LogP contribution in [0.1, 0.15) is 12.5 Å². The SMILES string of the molecule is CC1O[C@@H](Oc2c(-c3cc(O)c(O)c(O)c3)oc3cc(O)cc(O)c3c2=O)C(O[C@@H]2OC(COC(=O)/C=C/c3ccc(O)c(O)c3)[C@@H](O)[C@@H](O)C2O)[C@@H](O)[C@H]1O. The van der Waals surface area contributed by atoms with Crippen LogP contribution >= 0.6 is 0 Å². The van der Waals surface area contributed by atoms with Gasteiger partial charge in [-0.2, -0.15) is 0 Å². The molecule has 56 heavy (non-hydrogen) atoms. The van der Waals surface area contributed by atoms with E-state index in [2.05, 4.69) is 0 Å². The van der Waals surface area contributed by atoms with E-state index in [-0.39, 0.29) is 11.3 Å². The quantitative estimate of drug-likeness (QED) is 0.0588. The number of hydrogen-bond donors (Lipinski definition) is 12. The minimum Gasteiger partial charge on any atom is -0.508 e. The normalized spacial score (nSPS) is 28.0. The van der Waals surface area contributed by atoms with Gasteiger partial charge in [0.1, 0.15) is 65.7 Å². The van der Waals surface area contributed by atoms with E-state index in [0.717, 1.165) is 36.4 Å². The number of rotatable bonds is 9. The van der Waals surface area contributed by atoms with Gasteiger partial charge in [0.2, 0.25) is 17.5 Å². The zero-order valence-corrected chi connectivity index (χ0v) is 28.8. The van der Waals surface area contributed by atoms with Crippen molar-refractivity contribution in [2.24, 2.45) is 0 Å². The lowest BCUT2D eigenvalue weighted by Crippen LogP contribution is -2.64. The highest BCUT2D eigenvalue weighted by Gasteiger charge is 2.51. The molecule has 12 N–H and O–H groups in total. The molecule has 4 unspecified atom stereocenters. The summed E-state index contributed by atoms with van der Waals surface area (Å²) >= 11 is 0. The van der Waals surface area contributed by atoms with Gasteiger partial charge in [-0.1, -0.05) is 6.07 Å². The van der Waals surface area contributed by atoms with Crippen LogP contribution in [-0.2, 0) is 23.7 Å². The number of carbonyl (C=O) groups is 1. The summed E-state index contributed by atoms with van der Waals surface area (Å²) in [6, 6.07) is 7.24. The number of benzene rings is 3. The van der Waals surface area contributed by atoms with Gasteiger partial charge in [-0.3, -0.25) is 4.79 Å². The molecular formula is C36H36O20. The summed E-state index contributed by atoms with van der Waals surface area (Å²) in [7, 11) is 0. The van der Waals surface area contributed by atoms with Crippen molar-refractivity contribution in [2.45, 2.75) is 68.3 Å². The highest BCUT2D eigenvalue weighted by Crippen LogP contribution is 2.43. The van der Waals surface area contributed by atoms with E-state index in [4.69, 9.17) is 28.1 Å². The smallest absolute Gasteiger partial charge is 0.330 e. The highest BCUT2D eigenvalue weighted by molar-refractivity contribution is 5.89. The first-order valence-corrected chi connectivity index (χ1v) is 16.6. The summed E-state index contributed by atoms with van der Waals surface area (Å²) < 4.78 is 33.9. The van der Waals surface area contributed by atoms with Gasteiger partial charge in [0.25, 0.3) is 0 Å². The number of ether oxygens (including phenoxy) is 5. The molecule has 4 aromatic rings. The zero-order chi connectivity index (χ0) is 40.7. The van der Waals surface area contributed by atoms with Gasteiger partial charge in [0.05, 0.1) is 6.10 Å². The lowest BCUT2D eigenvalue weighted by Gasteiger charge is -2.45. The van der Waals surface area contributed by atoms with Gasteiger partial charge in [-0.25, -0.2) is 4.79 Å². The van der Waals surface area contributed by atoms with Crippen LogP contribution in [0.4, 0.5) is 0 Å². The van der Waals surface area contributed by atoms with E-state index in [1.54, 1.807) is 0 Å². The third kappa shape index (κ3) is 7.80. The lowest BCUT2D eigenvalue weighted by atomic mass is 9.97. The molecule has 300 valence electrons. The maximum atomic E-state index is 13.9. The van der Waals surface area contributed by atoms with Crippen LogP contribution in [0, 0.1) is 0 Å². The molecule has 0 spiro atoms. The topological polar surface area (TPSA) is 336 Å². The molecule has 2 aliphatic rings. The second-order valence-corrected chi connectivity index (χ2v) is 12.9. The van der Waals surface area contributed by atoms with Crippen LogP contribution < -0.4 is 10.2 Å². The Hall–Kier alpha value is -5.84. The number of carbonyl (C=O) groups excluding carboxylic acids is 1. The van der Waals surface area contributed by atoms with Crippen molar-refractivity contribution in [3.05, 3.63) is 64.3 Å². The number of hydrogen-bond acceptors (Lipinski definition) is 20. The van der Waals surface area contributed by atoms with E-state index in [1.807, 2.05) is 0 Å². The predicted octanol–water partition coefficient (Wildman–Crippen LogP) is -0.306. The molecular weight excluding hydrogens is 752 g/mol. The Bertz CT molecular complexity index is 2180. The molecule has 0 saturated carbocycles. The van der Waals surface area contributed by atoms with Gasteiger partial charge in [0.15, 0.2) is 46.9 Å². The Morgan fingerprint density at radius 1 is 0.750 bits per heavy atom. The Labute approximate surface area is 313 Å². The van der Waals surface area contributed by atoms with Gasteiger partial charge in [-0.15, -0.1) is 0 Å². The first kappa shape index (κ1) is 39.8. The van der Waals surface area contributed by atoms with E-state index in [1.165, 1.54) is 25.1 Å². The van der Waals surface area contributed by atoms with Crippen molar-refractivity contribution < 1.29 is 94.2 Å². The van der Waals surface area contributed by atoms with Gasteiger partial charge < -0.3 is 89.4 Å². The number of aromatic hydroxyl groups is 7. The molecule has 3 aromatic carbocycles. The average molecular weight is 789 g/mol. The Morgan fingerprint density at radius 2 is 1.45 bits per heavy atom. The van der Waals surface area contributed by atoms with Crippen LogP contribution in [0.2, 0.25) is 0 Å². The number of phenolic OH excluding ortho intramolecular Hbond substituents is 7. The molecule has 20 nitrogen and oxygen atoms in total. The summed E-state index contributed by atoms with van der Waals surface area (Å²) in [6.07, 6.45) is -16.1. The third-order valence-electron chi connectivity index (χ3n) is 9.03. The fourth-order valence-electron chi connectivity index (χ4n) is 6.00.